The molecule has 0 saturated carbocycles. The summed E-state index contributed by atoms with van der Waals surface area (Å²) in [5.74, 6) is 0. The quantitative estimate of drug-likeness (QED) is 0.391. The van der Waals surface area contributed by atoms with Crippen LogP contribution in [0, 0.1) is 24.0 Å². The molecule has 4 heteroatoms. The maximum atomic E-state index is 10.7. The van der Waals surface area contributed by atoms with Gasteiger partial charge in [0.25, 0.3) is 0 Å². The lowest BCUT2D eigenvalue weighted by molar-refractivity contribution is -0.479. The van der Waals surface area contributed by atoms with Crippen LogP contribution < -0.4 is 0 Å². The van der Waals surface area contributed by atoms with Crippen LogP contribution in [0.2, 0.25) is 0 Å². The summed E-state index contributed by atoms with van der Waals surface area (Å²) in [6.45, 7) is 4.19. The molecule has 0 N–H and O–H groups in total. The molecule has 2 aromatic carbocycles. The molecule has 0 amide bonds. The number of aryl methyl sites for hydroxylation is 3. The molecule has 156 valence electrons. The van der Waals surface area contributed by atoms with Crippen LogP contribution in [0.4, 0.5) is 0 Å². The summed E-state index contributed by atoms with van der Waals surface area (Å²) >= 11 is 1.87. The van der Waals surface area contributed by atoms with E-state index >= 15 is 0 Å². The van der Waals surface area contributed by atoms with E-state index in [1.807, 2.05) is 11.8 Å². The van der Waals surface area contributed by atoms with Crippen molar-refractivity contribution in [3.63, 3.8) is 0 Å². The van der Waals surface area contributed by atoms with Crippen LogP contribution in [0.3, 0.4) is 0 Å². The molecule has 1 aliphatic heterocycles. The van der Waals surface area contributed by atoms with E-state index in [1.165, 1.54) is 52.9 Å². The van der Waals surface area contributed by atoms with Gasteiger partial charge in [0.2, 0.25) is 6.54 Å². The first-order valence-corrected chi connectivity index (χ1v) is 11.8. The molecule has 1 heterocycles. The van der Waals surface area contributed by atoms with Gasteiger partial charge in [-0.05, 0) is 96.7 Å². The van der Waals surface area contributed by atoms with E-state index in [4.69, 9.17) is 0 Å². The molecule has 0 saturated heterocycles. The highest BCUT2D eigenvalue weighted by Gasteiger charge is 2.17. The van der Waals surface area contributed by atoms with Gasteiger partial charge in [0.15, 0.2) is 0 Å². The molecule has 0 radical (unpaired) electrons. The third-order valence-electron chi connectivity index (χ3n) is 6.34. The maximum absolute atomic E-state index is 10.7. The van der Waals surface area contributed by atoms with Crippen LogP contribution in [0.5, 0.6) is 0 Å². The molecule has 0 unspecified atom stereocenters. The Balaban J connectivity index is 1.45. The van der Waals surface area contributed by atoms with Crippen molar-refractivity contribution in [2.75, 3.05) is 6.54 Å². The molecule has 1 aliphatic carbocycles. The zero-order valence-electron chi connectivity index (χ0n) is 17.9. The third kappa shape index (κ3) is 4.70. The van der Waals surface area contributed by atoms with E-state index in [9.17, 15) is 10.1 Å². The standard InChI is InChI=1S/C26H29NO2S/c1-18-15-23(19(2)14-22(18)12-13-27(28)29)16-20-10-11-26(30-17-20)25-9-5-7-21-6-3-4-8-24(21)25/h5,7,9,11,14-15,17H,3-4,6,8,10,12-13,16H2,1-2H3. The number of thioether (sulfide) groups is 1. The molecule has 2 aromatic rings. The van der Waals surface area contributed by atoms with E-state index < -0.39 is 0 Å². The second kappa shape index (κ2) is 9.22. The smallest absolute Gasteiger partial charge is 0.207 e. The normalized spacial score (nSPS) is 15.9. The maximum Gasteiger partial charge on any atom is 0.207 e. The topological polar surface area (TPSA) is 43.1 Å². The fraction of sp³-hybridized carbons (Fsp3) is 0.385. The zero-order valence-corrected chi connectivity index (χ0v) is 18.7. The lowest BCUT2D eigenvalue weighted by atomic mass is 9.88. The molecule has 2 aliphatic rings. The van der Waals surface area contributed by atoms with Gasteiger partial charge < -0.3 is 0 Å². The number of benzene rings is 2. The molecule has 0 spiro atoms. The summed E-state index contributed by atoms with van der Waals surface area (Å²) in [4.78, 5) is 11.9. The van der Waals surface area contributed by atoms with E-state index in [1.54, 1.807) is 11.1 Å². The molecule has 3 nitrogen and oxygen atoms in total. The van der Waals surface area contributed by atoms with Crippen LogP contribution in [0.25, 0.3) is 4.91 Å². The molecular formula is C26H29NO2S. The Morgan fingerprint density at radius 3 is 2.60 bits per heavy atom. The molecule has 0 fully saturated rings. The van der Waals surface area contributed by atoms with Crippen molar-refractivity contribution in [2.24, 2.45) is 0 Å². The highest BCUT2D eigenvalue weighted by Crippen LogP contribution is 2.39. The first kappa shape index (κ1) is 20.9. The molecular weight excluding hydrogens is 390 g/mol. The van der Waals surface area contributed by atoms with Gasteiger partial charge in [-0.15, -0.1) is 0 Å². The number of hydrogen-bond acceptors (Lipinski definition) is 3. The highest BCUT2D eigenvalue weighted by molar-refractivity contribution is 8.11. The number of allylic oxidation sites excluding steroid dienone is 2. The van der Waals surface area contributed by atoms with Crippen LogP contribution >= 0.6 is 11.8 Å². The largest absolute Gasteiger partial charge is 0.265 e. The van der Waals surface area contributed by atoms with Crippen LogP contribution in [0.1, 0.15) is 58.2 Å². The van der Waals surface area contributed by atoms with Gasteiger partial charge in [0.1, 0.15) is 0 Å². The minimum absolute atomic E-state index is 0.00181. The Hall–Kier alpha value is -2.33. The lowest BCUT2D eigenvalue weighted by Gasteiger charge is -2.22. The summed E-state index contributed by atoms with van der Waals surface area (Å²) in [5, 5.41) is 13.0. The van der Waals surface area contributed by atoms with E-state index in [0.29, 0.717) is 6.42 Å². The Labute approximate surface area is 183 Å². The Kier molecular flexibility index (Phi) is 6.43. The van der Waals surface area contributed by atoms with Gasteiger partial charge in [-0.25, -0.2) is 0 Å². The first-order chi connectivity index (χ1) is 14.5. The van der Waals surface area contributed by atoms with Gasteiger partial charge in [-0.1, -0.05) is 53.7 Å². The van der Waals surface area contributed by atoms with Gasteiger partial charge in [-0.2, -0.15) is 0 Å². The van der Waals surface area contributed by atoms with Crippen molar-refractivity contribution >= 4 is 16.7 Å². The van der Waals surface area contributed by atoms with Gasteiger partial charge in [-0.3, -0.25) is 10.1 Å². The van der Waals surface area contributed by atoms with Crippen molar-refractivity contribution < 1.29 is 4.92 Å². The monoisotopic (exact) mass is 419 g/mol. The fourth-order valence-corrected chi connectivity index (χ4v) is 5.59. The SMILES string of the molecule is Cc1cc(CC2=CSC(c3cccc4c3CCCC4)=CC2)c(C)cc1CC[N+](=O)[O-]. The molecule has 4 rings (SSSR count). The molecule has 0 bridgehead atoms. The van der Waals surface area contributed by atoms with Crippen molar-refractivity contribution in [2.45, 2.75) is 58.8 Å². The van der Waals surface area contributed by atoms with E-state index in [2.05, 4.69) is 55.7 Å². The first-order valence-electron chi connectivity index (χ1n) is 10.9. The zero-order chi connectivity index (χ0) is 21.1. The predicted molar refractivity (Wildman–Crippen MR) is 127 cm³/mol. The predicted octanol–water partition coefficient (Wildman–Crippen LogP) is 6.61. The second-order valence-electron chi connectivity index (χ2n) is 8.51. The van der Waals surface area contributed by atoms with Crippen molar-refractivity contribution in [3.05, 3.63) is 96.4 Å². The van der Waals surface area contributed by atoms with Crippen LogP contribution in [-0.4, -0.2) is 11.5 Å². The van der Waals surface area contributed by atoms with Gasteiger partial charge in [0.05, 0.1) is 0 Å². The summed E-state index contributed by atoms with van der Waals surface area (Å²) in [5.41, 5.74) is 10.8. The number of nitrogens with zero attached hydrogens (tertiary/aromatic N) is 1. The average Bonchev–Trinajstić information content (AvgIpc) is 2.75. The fourth-order valence-electron chi connectivity index (χ4n) is 4.62. The lowest BCUT2D eigenvalue weighted by Crippen LogP contribution is -2.07. The Morgan fingerprint density at radius 2 is 1.83 bits per heavy atom. The highest BCUT2D eigenvalue weighted by atomic mass is 32.2. The number of fused-ring (bicyclic) bond motifs is 1. The Bertz CT molecular complexity index is 1040. The molecule has 0 atom stereocenters. The van der Waals surface area contributed by atoms with Crippen molar-refractivity contribution in [3.8, 4) is 0 Å². The minimum atomic E-state index is -0.236. The van der Waals surface area contributed by atoms with Crippen LogP contribution in [0.15, 0.2) is 47.4 Å². The number of hydrogen-bond donors (Lipinski definition) is 0. The van der Waals surface area contributed by atoms with Crippen LogP contribution in [-0.2, 0) is 25.7 Å². The van der Waals surface area contributed by atoms with Crippen molar-refractivity contribution in [1.82, 2.24) is 0 Å². The average molecular weight is 420 g/mol. The Morgan fingerprint density at radius 1 is 1.07 bits per heavy atom. The van der Waals surface area contributed by atoms with Gasteiger partial charge >= 0.3 is 0 Å². The number of rotatable bonds is 6. The summed E-state index contributed by atoms with van der Waals surface area (Å²) in [6.07, 6.45) is 9.90. The third-order valence-corrected chi connectivity index (χ3v) is 7.43. The molecule has 30 heavy (non-hydrogen) atoms. The van der Waals surface area contributed by atoms with Gasteiger partial charge in [0, 0.05) is 16.2 Å². The molecule has 0 aromatic heterocycles. The second-order valence-corrected chi connectivity index (χ2v) is 9.42. The van der Waals surface area contributed by atoms with Crippen molar-refractivity contribution in [1.29, 1.82) is 0 Å². The summed E-state index contributed by atoms with van der Waals surface area (Å²) < 4.78 is 0. The minimum Gasteiger partial charge on any atom is -0.265 e. The number of nitro groups is 1. The van der Waals surface area contributed by atoms with E-state index in [0.717, 1.165) is 24.0 Å². The summed E-state index contributed by atoms with van der Waals surface area (Å²) in [7, 11) is 0. The summed E-state index contributed by atoms with van der Waals surface area (Å²) in [6, 6.07) is 11.2. The van der Waals surface area contributed by atoms with E-state index in [-0.39, 0.29) is 11.5 Å².